The van der Waals surface area contributed by atoms with E-state index in [1.807, 2.05) is 0 Å². The molecule has 0 aliphatic carbocycles. The molecule has 1 aliphatic rings. The first-order valence-electron chi connectivity index (χ1n) is 4.49. The van der Waals surface area contributed by atoms with Crippen LogP contribution in [0.2, 0.25) is 0 Å². The summed E-state index contributed by atoms with van der Waals surface area (Å²) in [6.45, 7) is 4.74. The average molecular weight is 180 g/mol. The maximum atomic E-state index is 3.67. The van der Waals surface area contributed by atoms with Gasteiger partial charge in [-0.2, -0.15) is 0 Å². The molecule has 1 N–H and O–H groups in total. The lowest BCUT2D eigenvalue weighted by Gasteiger charge is -2.21. The molecule has 1 saturated heterocycles. The molecule has 13 heavy (non-hydrogen) atoms. The lowest BCUT2D eigenvalue weighted by Crippen LogP contribution is -2.40. The Balaban J connectivity index is 0.000000132. The Morgan fingerprint density at radius 1 is 1.15 bits per heavy atom. The molecule has 1 aliphatic heterocycles. The van der Waals surface area contributed by atoms with Gasteiger partial charge in [0, 0.05) is 38.6 Å². The van der Waals surface area contributed by atoms with Crippen LogP contribution in [-0.2, 0) is 0 Å². The topological polar surface area (TPSA) is 41.0 Å². The van der Waals surface area contributed by atoms with Crippen molar-refractivity contribution in [3.8, 4) is 0 Å². The van der Waals surface area contributed by atoms with Crippen LogP contribution in [0.3, 0.4) is 0 Å². The van der Waals surface area contributed by atoms with Crippen LogP contribution in [0.15, 0.2) is 24.8 Å². The van der Waals surface area contributed by atoms with Crippen LogP contribution in [0.1, 0.15) is 0 Å². The summed E-state index contributed by atoms with van der Waals surface area (Å²) in [6.07, 6.45) is 4.88. The Morgan fingerprint density at radius 3 is 2.00 bits per heavy atom. The largest absolute Gasteiger partial charge is 0.314 e. The Kier molecular flexibility index (Phi) is 5.05. The van der Waals surface area contributed by atoms with Crippen molar-refractivity contribution in [2.45, 2.75) is 0 Å². The predicted molar refractivity (Wildman–Crippen MR) is 52.4 cm³/mol. The number of nitrogens with one attached hydrogen (secondary N) is 1. The minimum absolute atomic E-state index is 1.16. The summed E-state index contributed by atoms with van der Waals surface area (Å²) in [5.41, 5.74) is 0. The maximum absolute atomic E-state index is 3.67. The van der Waals surface area contributed by atoms with Gasteiger partial charge in [0.2, 0.25) is 0 Å². The molecule has 0 atom stereocenters. The Morgan fingerprint density at radius 2 is 1.77 bits per heavy atom. The molecule has 1 aromatic heterocycles. The Bertz CT molecular complexity index is 169. The van der Waals surface area contributed by atoms with Gasteiger partial charge in [-0.25, -0.2) is 9.97 Å². The normalized spacial score (nSPS) is 17.3. The van der Waals surface area contributed by atoms with Crippen molar-refractivity contribution in [1.82, 2.24) is 20.2 Å². The second kappa shape index (κ2) is 6.51. The van der Waals surface area contributed by atoms with E-state index in [0.29, 0.717) is 0 Å². The van der Waals surface area contributed by atoms with Gasteiger partial charge in [-0.3, -0.25) is 0 Å². The van der Waals surface area contributed by atoms with Crippen LogP contribution in [-0.4, -0.2) is 48.1 Å². The lowest BCUT2D eigenvalue weighted by molar-refractivity contribution is 0.291. The van der Waals surface area contributed by atoms with Crippen LogP contribution < -0.4 is 5.32 Å². The molecule has 0 unspecified atom stereocenters. The summed E-state index contributed by atoms with van der Waals surface area (Å²) in [5, 5.41) is 3.27. The van der Waals surface area contributed by atoms with Crippen molar-refractivity contribution in [2.75, 3.05) is 33.2 Å². The quantitative estimate of drug-likeness (QED) is 0.610. The molecule has 4 heteroatoms. The smallest absolute Gasteiger partial charge is 0.115 e. The SMILES string of the molecule is CN1CCNCC1.c1cncnc1. The molecule has 1 fully saturated rings. The molecule has 0 aromatic carbocycles. The number of hydrogen-bond donors (Lipinski definition) is 1. The zero-order chi connectivity index (χ0) is 9.36. The molecule has 2 heterocycles. The second-order valence-corrected chi connectivity index (χ2v) is 2.96. The molecular weight excluding hydrogens is 164 g/mol. The van der Waals surface area contributed by atoms with E-state index in [1.54, 1.807) is 18.5 Å². The zero-order valence-electron chi connectivity index (χ0n) is 7.98. The van der Waals surface area contributed by atoms with Crippen LogP contribution in [0.4, 0.5) is 0 Å². The van der Waals surface area contributed by atoms with Gasteiger partial charge in [-0.05, 0) is 13.1 Å². The Hall–Kier alpha value is -1.00. The number of piperazine rings is 1. The number of likely N-dealkylation sites (N-methyl/N-ethyl adjacent to an activating group) is 1. The molecule has 0 bridgehead atoms. The van der Waals surface area contributed by atoms with Crippen molar-refractivity contribution in [3.05, 3.63) is 24.8 Å². The average Bonchev–Trinajstić information content (AvgIpc) is 2.22. The van der Waals surface area contributed by atoms with Gasteiger partial charge < -0.3 is 10.2 Å². The van der Waals surface area contributed by atoms with E-state index < -0.39 is 0 Å². The van der Waals surface area contributed by atoms with Crippen molar-refractivity contribution in [2.24, 2.45) is 0 Å². The number of hydrogen-bond acceptors (Lipinski definition) is 4. The van der Waals surface area contributed by atoms with Gasteiger partial charge in [0.25, 0.3) is 0 Å². The fraction of sp³-hybridized carbons (Fsp3) is 0.556. The van der Waals surface area contributed by atoms with Crippen molar-refractivity contribution in [1.29, 1.82) is 0 Å². The van der Waals surface area contributed by atoms with Crippen LogP contribution in [0, 0.1) is 0 Å². The first kappa shape index (κ1) is 10.1. The summed E-state index contributed by atoms with van der Waals surface area (Å²) in [5.74, 6) is 0. The third-order valence-electron chi connectivity index (χ3n) is 1.82. The minimum atomic E-state index is 1.16. The van der Waals surface area contributed by atoms with E-state index >= 15 is 0 Å². The highest BCUT2D eigenvalue weighted by atomic mass is 15.2. The van der Waals surface area contributed by atoms with Gasteiger partial charge in [0.1, 0.15) is 6.33 Å². The van der Waals surface area contributed by atoms with E-state index in [4.69, 9.17) is 0 Å². The highest BCUT2D eigenvalue weighted by Crippen LogP contribution is 1.83. The summed E-state index contributed by atoms with van der Waals surface area (Å²) < 4.78 is 0. The molecule has 2 rings (SSSR count). The number of nitrogens with zero attached hydrogens (tertiary/aromatic N) is 3. The summed E-state index contributed by atoms with van der Waals surface area (Å²) >= 11 is 0. The minimum Gasteiger partial charge on any atom is -0.314 e. The van der Waals surface area contributed by atoms with Gasteiger partial charge in [-0.1, -0.05) is 0 Å². The molecule has 4 nitrogen and oxygen atoms in total. The van der Waals surface area contributed by atoms with Crippen molar-refractivity contribution < 1.29 is 0 Å². The van der Waals surface area contributed by atoms with E-state index in [9.17, 15) is 0 Å². The van der Waals surface area contributed by atoms with Crippen LogP contribution >= 0.6 is 0 Å². The molecule has 0 radical (unpaired) electrons. The third kappa shape index (κ3) is 5.27. The second-order valence-electron chi connectivity index (χ2n) is 2.96. The standard InChI is InChI=1S/C5H12N2.C4H4N2/c1-7-4-2-6-3-5-7;1-2-5-4-6-3-1/h6H,2-5H2,1H3;1-4H. The van der Waals surface area contributed by atoms with Crippen molar-refractivity contribution in [3.63, 3.8) is 0 Å². The molecular formula is C9H16N4. The third-order valence-corrected chi connectivity index (χ3v) is 1.82. The fourth-order valence-corrected chi connectivity index (χ4v) is 1.03. The first-order valence-corrected chi connectivity index (χ1v) is 4.49. The van der Waals surface area contributed by atoms with Gasteiger partial charge in [0.15, 0.2) is 0 Å². The molecule has 1 aromatic rings. The highest BCUT2D eigenvalue weighted by Gasteiger charge is 2.01. The molecule has 0 spiro atoms. The van der Waals surface area contributed by atoms with Gasteiger partial charge >= 0.3 is 0 Å². The van der Waals surface area contributed by atoms with Crippen molar-refractivity contribution >= 4 is 0 Å². The van der Waals surface area contributed by atoms with E-state index in [2.05, 4.69) is 27.2 Å². The highest BCUT2D eigenvalue weighted by molar-refractivity contribution is 4.74. The summed E-state index contributed by atoms with van der Waals surface area (Å²) in [6, 6.07) is 1.78. The number of rotatable bonds is 0. The number of aromatic nitrogens is 2. The first-order chi connectivity index (χ1) is 6.39. The van der Waals surface area contributed by atoms with E-state index in [1.165, 1.54) is 19.4 Å². The summed E-state index contributed by atoms with van der Waals surface area (Å²) in [7, 11) is 2.15. The predicted octanol–water partition coefficient (Wildman–Crippen LogP) is -0.00200. The lowest BCUT2D eigenvalue weighted by atomic mass is 10.4. The monoisotopic (exact) mass is 180 g/mol. The molecule has 0 amide bonds. The zero-order valence-corrected chi connectivity index (χ0v) is 7.98. The van der Waals surface area contributed by atoms with Crippen LogP contribution in [0.25, 0.3) is 0 Å². The molecule has 72 valence electrons. The molecule has 0 saturated carbocycles. The Labute approximate surface area is 79.0 Å². The van der Waals surface area contributed by atoms with Gasteiger partial charge in [-0.15, -0.1) is 0 Å². The van der Waals surface area contributed by atoms with E-state index in [0.717, 1.165) is 13.1 Å². The fourth-order valence-electron chi connectivity index (χ4n) is 1.03. The van der Waals surface area contributed by atoms with Crippen LogP contribution in [0.5, 0.6) is 0 Å². The van der Waals surface area contributed by atoms with E-state index in [-0.39, 0.29) is 0 Å². The summed E-state index contributed by atoms with van der Waals surface area (Å²) in [4.78, 5) is 9.68. The van der Waals surface area contributed by atoms with Gasteiger partial charge in [0.05, 0.1) is 0 Å². The maximum Gasteiger partial charge on any atom is 0.115 e.